The molecule has 0 radical (unpaired) electrons. The number of benzene rings is 11. The van der Waals surface area contributed by atoms with Crippen LogP contribution in [0.25, 0.3) is 102 Å². The second-order valence-corrected chi connectivity index (χ2v) is 17.6. The molecule has 2 heterocycles. The van der Waals surface area contributed by atoms with E-state index in [4.69, 9.17) is 0 Å². The van der Waals surface area contributed by atoms with Crippen molar-refractivity contribution in [3.05, 3.63) is 231 Å². The fraction of sp³-hybridized carbons (Fsp3) is 0. The van der Waals surface area contributed by atoms with Crippen LogP contribution in [0, 0.1) is 0 Å². The van der Waals surface area contributed by atoms with E-state index in [0.717, 1.165) is 22.7 Å². The van der Waals surface area contributed by atoms with E-state index in [9.17, 15) is 0 Å². The topological polar surface area (TPSA) is 8.17 Å². The van der Waals surface area contributed by atoms with Crippen LogP contribution in [-0.2, 0) is 0 Å². The summed E-state index contributed by atoms with van der Waals surface area (Å²) in [5.74, 6) is 0. The Balaban J connectivity index is 0.999. The molecule has 0 amide bonds. The van der Waals surface area contributed by atoms with Gasteiger partial charge < -0.3 is 9.47 Å². The van der Waals surface area contributed by atoms with Gasteiger partial charge in [-0.05, 0) is 146 Å². The van der Waals surface area contributed by atoms with Gasteiger partial charge in [0.2, 0.25) is 0 Å². The Morgan fingerprint density at radius 3 is 1.30 bits per heavy atom. The van der Waals surface area contributed by atoms with Gasteiger partial charge in [-0.2, -0.15) is 0 Å². The minimum atomic E-state index is 1.12. The molecule has 0 atom stereocenters. The summed E-state index contributed by atoms with van der Waals surface area (Å²) in [6, 6.07) is 84.7. The van der Waals surface area contributed by atoms with Crippen LogP contribution in [-0.4, -0.2) is 4.57 Å². The van der Waals surface area contributed by atoms with Gasteiger partial charge in [0.05, 0.1) is 11.0 Å². The third kappa shape index (κ3) is 5.78. The molecule has 0 N–H and O–H groups in total. The molecular formula is C60H38N2S. The van der Waals surface area contributed by atoms with Crippen LogP contribution in [0.5, 0.6) is 0 Å². The van der Waals surface area contributed by atoms with Gasteiger partial charge in [-0.1, -0.05) is 140 Å². The molecular weight excluding hydrogens is 781 g/mol. The predicted molar refractivity (Wildman–Crippen MR) is 272 cm³/mol. The number of rotatable bonds is 6. The maximum Gasteiger partial charge on any atom is 0.0541 e. The van der Waals surface area contributed by atoms with Crippen LogP contribution < -0.4 is 4.90 Å². The lowest BCUT2D eigenvalue weighted by molar-refractivity contribution is 1.19. The first-order valence-corrected chi connectivity index (χ1v) is 22.4. The Morgan fingerprint density at radius 2 is 0.698 bits per heavy atom. The van der Waals surface area contributed by atoms with E-state index in [-0.39, 0.29) is 0 Å². The molecule has 0 spiro atoms. The molecule has 294 valence electrons. The van der Waals surface area contributed by atoms with E-state index in [0.29, 0.717) is 0 Å². The normalized spacial score (nSPS) is 11.8. The van der Waals surface area contributed by atoms with Crippen LogP contribution in [0.1, 0.15) is 0 Å². The summed E-state index contributed by atoms with van der Waals surface area (Å²) in [6.07, 6.45) is 0. The second kappa shape index (κ2) is 14.3. The van der Waals surface area contributed by atoms with Gasteiger partial charge in [0.25, 0.3) is 0 Å². The fourth-order valence-electron chi connectivity index (χ4n) is 10.0. The first kappa shape index (κ1) is 35.7. The molecule has 0 saturated heterocycles. The van der Waals surface area contributed by atoms with Crippen molar-refractivity contribution in [2.45, 2.75) is 0 Å². The van der Waals surface area contributed by atoms with Crippen LogP contribution >= 0.6 is 11.3 Å². The smallest absolute Gasteiger partial charge is 0.0541 e. The summed E-state index contributed by atoms with van der Waals surface area (Å²) >= 11 is 1.87. The predicted octanol–water partition coefficient (Wildman–Crippen LogP) is 17.4. The number of nitrogens with zero attached hydrogens (tertiary/aromatic N) is 2. The maximum atomic E-state index is 2.47. The first-order chi connectivity index (χ1) is 31.2. The molecule has 2 aromatic heterocycles. The number of aromatic nitrogens is 1. The van der Waals surface area contributed by atoms with Crippen molar-refractivity contribution in [2.75, 3.05) is 4.90 Å². The van der Waals surface area contributed by atoms with Gasteiger partial charge in [0, 0.05) is 53.7 Å². The first-order valence-electron chi connectivity index (χ1n) is 21.6. The number of hydrogen-bond donors (Lipinski definition) is 0. The molecule has 0 saturated carbocycles. The number of thiophene rings is 1. The summed E-state index contributed by atoms with van der Waals surface area (Å²) in [5.41, 5.74) is 11.7. The molecule has 63 heavy (non-hydrogen) atoms. The van der Waals surface area contributed by atoms with Crippen molar-refractivity contribution < 1.29 is 0 Å². The zero-order valence-corrected chi connectivity index (χ0v) is 35.1. The molecule has 0 aliphatic heterocycles. The third-order valence-corrected chi connectivity index (χ3v) is 14.1. The van der Waals surface area contributed by atoms with Crippen molar-refractivity contribution >= 4 is 103 Å². The molecule has 3 heteroatoms. The van der Waals surface area contributed by atoms with E-state index in [1.54, 1.807) is 0 Å². The van der Waals surface area contributed by atoms with Crippen molar-refractivity contribution in [3.63, 3.8) is 0 Å². The van der Waals surface area contributed by atoms with Gasteiger partial charge in [0.1, 0.15) is 0 Å². The summed E-state index contributed by atoms with van der Waals surface area (Å²) in [6.45, 7) is 0. The molecule has 0 aliphatic rings. The number of para-hydroxylation sites is 2. The second-order valence-electron chi connectivity index (χ2n) is 16.5. The van der Waals surface area contributed by atoms with E-state index >= 15 is 0 Å². The van der Waals surface area contributed by atoms with Gasteiger partial charge >= 0.3 is 0 Å². The van der Waals surface area contributed by atoms with E-state index in [2.05, 4.69) is 240 Å². The SMILES string of the molecule is c1ccc(N(c2ccccc2)c2ccc(-c3ccc4c(c3)c3cc(-c5ccc6sc7ccccc7c6c5)ccc3n4-c3ccc4c5ccccc5c5ccccc5c4c3)cc2)cc1. The summed E-state index contributed by atoms with van der Waals surface area (Å²) in [5, 5.41) is 12.8. The van der Waals surface area contributed by atoms with Crippen molar-refractivity contribution in [2.24, 2.45) is 0 Å². The number of hydrogen-bond acceptors (Lipinski definition) is 2. The van der Waals surface area contributed by atoms with E-state index < -0.39 is 0 Å². The minimum Gasteiger partial charge on any atom is -0.311 e. The average Bonchev–Trinajstić information content (AvgIpc) is 3.89. The van der Waals surface area contributed by atoms with Gasteiger partial charge in [-0.3, -0.25) is 0 Å². The Bertz CT molecular complexity index is 3820. The maximum absolute atomic E-state index is 2.47. The molecule has 13 aromatic rings. The van der Waals surface area contributed by atoms with Gasteiger partial charge in [0.15, 0.2) is 0 Å². The quantitative estimate of drug-likeness (QED) is 0.152. The van der Waals surface area contributed by atoms with E-state index in [1.807, 2.05) is 11.3 Å². The van der Waals surface area contributed by atoms with Crippen molar-refractivity contribution in [3.8, 4) is 27.9 Å². The lowest BCUT2D eigenvalue weighted by atomic mass is 9.94. The van der Waals surface area contributed by atoms with E-state index in [1.165, 1.54) is 96.5 Å². The highest BCUT2D eigenvalue weighted by atomic mass is 32.1. The third-order valence-electron chi connectivity index (χ3n) is 12.9. The lowest BCUT2D eigenvalue weighted by Gasteiger charge is -2.25. The summed E-state index contributed by atoms with van der Waals surface area (Å²) in [4.78, 5) is 2.31. The highest BCUT2D eigenvalue weighted by molar-refractivity contribution is 7.25. The van der Waals surface area contributed by atoms with Gasteiger partial charge in [-0.15, -0.1) is 11.3 Å². The molecule has 13 rings (SSSR count). The molecule has 2 nitrogen and oxygen atoms in total. The Labute approximate surface area is 368 Å². The lowest BCUT2D eigenvalue weighted by Crippen LogP contribution is -2.09. The zero-order chi connectivity index (χ0) is 41.4. The monoisotopic (exact) mass is 818 g/mol. The zero-order valence-electron chi connectivity index (χ0n) is 34.2. The largest absolute Gasteiger partial charge is 0.311 e. The molecule has 0 fully saturated rings. The number of fused-ring (bicyclic) bond motifs is 12. The Hall–Kier alpha value is -7.98. The Kier molecular flexibility index (Phi) is 8.12. The molecule has 0 unspecified atom stereocenters. The number of anilines is 3. The fourth-order valence-corrected chi connectivity index (χ4v) is 11.1. The average molecular weight is 819 g/mol. The van der Waals surface area contributed by atoms with Crippen LogP contribution in [0.3, 0.4) is 0 Å². The highest BCUT2D eigenvalue weighted by Crippen LogP contribution is 2.43. The van der Waals surface area contributed by atoms with Crippen molar-refractivity contribution in [1.29, 1.82) is 0 Å². The van der Waals surface area contributed by atoms with Crippen molar-refractivity contribution in [1.82, 2.24) is 4.57 Å². The standard InChI is InChI=1S/C60H38N2S/c1-3-13-43(14-4-1)61(44-15-5-2-6-16-44)45-28-23-39(24-29-45)40-25-32-57-54(35-40)55-36-41(42-27-34-60-56(37-42)52-21-11-12-22-59(52)63-60)26-33-58(55)62(57)46-30-31-51-49-19-8-7-17-47(49)48-18-9-10-20-50(48)53(51)38-46/h1-38H. The van der Waals surface area contributed by atoms with Crippen LogP contribution in [0.15, 0.2) is 231 Å². The summed E-state index contributed by atoms with van der Waals surface area (Å²) in [7, 11) is 0. The molecule has 0 aliphatic carbocycles. The molecule has 0 bridgehead atoms. The minimum absolute atomic E-state index is 1.12. The molecule has 11 aromatic carbocycles. The highest BCUT2D eigenvalue weighted by Gasteiger charge is 2.18. The van der Waals surface area contributed by atoms with Gasteiger partial charge in [-0.25, -0.2) is 0 Å². The Morgan fingerprint density at radius 1 is 0.270 bits per heavy atom. The van der Waals surface area contributed by atoms with Crippen LogP contribution in [0.4, 0.5) is 17.1 Å². The van der Waals surface area contributed by atoms with Crippen LogP contribution in [0.2, 0.25) is 0 Å². The summed E-state index contributed by atoms with van der Waals surface area (Å²) < 4.78 is 5.12.